The zero-order valence-corrected chi connectivity index (χ0v) is 10.6. The third kappa shape index (κ3) is 3.12. The Hall–Kier alpha value is -0.310. The van der Waals surface area contributed by atoms with E-state index in [1.165, 1.54) is 0 Å². The van der Waals surface area contributed by atoms with Crippen LogP contribution in [0.2, 0.25) is 0 Å². The van der Waals surface area contributed by atoms with Gasteiger partial charge in [0.05, 0.1) is 0 Å². The maximum atomic E-state index is 5.45. The van der Waals surface area contributed by atoms with Crippen LogP contribution in [0.25, 0.3) is 0 Å². The number of hydrogen-bond acceptors (Lipinski definition) is 1. The van der Waals surface area contributed by atoms with Gasteiger partial charge in [-0.05, 0) is 24.1 Å². The minimum atomic E-state index is 0.701. The molecule has 82 valence electrons. The Morgan fingerprint density at radius 3 is 1.64 bits per heavy atom. The smallest absolute Gasteiger partial charge is 0.171 e. The Kier molecular flexibility index (Phi) is 4.17. The lowest BCUT2D eigenvalue weighted by molar-refractivity contribution is 0.401. The molecule has 3 heteroatoms. The van der Waals surface area contributed by atoms with Crippen LogP contribution in [0.3, 0.4) is 0 Å². The fourth-order valence-electron chi connectivity index (χ4n) is 1.85. The average Bonchev–Trinajstić information content (AvgIpc) is 2.34. The van der Waals surface area contributed by atoms with Crippen LogP contribution in [-0.2, 0) is 0 Å². The highest BCUT2D eigenvalue weighted by molar-refractivity contribution is 7.80. The maximum Gasteiger partial charge on any atom is 0.171 e. The molecule has 0 bridgehead atoms. The molecule has 1 fully saturated rings. The van der Waals surface area contributed by atoms with Gasteiger partial charge in [0.15, 0.2) is 5.11 Å². The molecule has 0 radical (unpaired) electrons. The molecule has 0 aliphatic carbocycles. The molecular formula is C11H22N2S. The van der Waals surface area contributed by atoms with E-state index in [-0.39, 0.29) is 0 Å². The standard InChI is InChI=1S/C11H22N2S/c1-9(2)7-12-5-6-13(11(12)14)8-10(3)4/h9-10H,5-8H2,1-4H3. The number of thiocarbonyl (C=S) groups is 1. The minimum absolute atomic E-state index is 0.701. The highest BCUT2D eigenvalue weighted by Crippen LogP contribution is 2.13. The SMILES string of the molecule is CC(C)CN1CCN(CC(C)C)C1=S. The second-order valence-corrected chi connectivity index (χ2v) is 5.33. The van der Waals surface area contributed by atoms with Gasteiger partial charge in [-0.15, -0.1) is 0 Å². The van der Waals surface area contributed by atoms with E-state index in [4.69, 9.17) is 12.2 Å². The molecule has 0 spiro atoms. The van der Waals surface area contributed by atoms with E-state index in [1.807, 2.05) is 0 Å². The maximum absolute atomic E-state index is 5.45. The third-order valence-electron chi connectivity index (χ3n) is 2.35. The van der Waals surface area contributed by atoms with Gasteiger partial charge in [0.25, 0.3) is 0 Å². The predicted molar refractivity (Wildman–Crippen MR) is 65.4 cm³/mol. The Morgan fingerprint density at radius 2 is 1.36 bits per heavy atom. The largest absolute Gasteiger partial charge is 0.347 e. The van der Waals surface area contributed by atoms with Crippen LogP contribution in [0, 0.1) is 11.8 Å². The van der Waals surface area contributed by atoms with E-state index >= 15 is 0 Å². The molecule has 1 saturated heterocycles. The molecule has 0 atom stereocenters. The van der Waals surface area contributed by atoms with Crippen molar-refractivity contribution in [3.8, 4) is 0 Å². The van der Waals surface area contributed by atoms with E-state index in [0.717, 1.165) is 31.3 Å². The lowest BCUT2D eigenvalue weighted by Gasteiger charge is -2.24. The van der Waals surface area contributed by atoms with Crippen molar-refractivity contribution >= 4 is 17.3 Å². The van der Waals surface area contributed by atoms with Crippen LogP contribution < -0.4 is 0 Å². The van der Waals surface area contributed by atoms with Crippen LogP contribution in [0.4, 0.5) is 0 Å². The Bertz CT molecular complexity index is 181. The molecule has 0 aromatic heterocycles. The fraction of sp³-hybridized carbons (Fsp3) is 0.909. The molecule has 0 unspecified atom stereocenters. The second kappa shape index (κ2) is 4.96. The summed E-state index contributed by atoms with van der Waals surface area (Å²) in [5.41, 5.74) is 0. The van der Waals surface area contributed by atoms with Crippen molar-refractivity contribution in [3.63, 3.8) is 0 Å². The molecular weight excluding hydrogens is 192 g/mol. The van der Waals surface area contributed by atoms with Crippen LogP contribution in [-0.4, -0.2) is 41.1 Å². The van der Waals surface area contributed by atoms with Crippen molar-refractivity contribution in [3.05, 3.63) is 0 Å². The van der Waals surface area contributed by atoms with Gasteiger partial charge >= 0.3 is 0 Å². The molecule has 0 aromatic rings. The first-order chi connectivity index (χ1) is 6.50. The molecule has 1 heterocycles. The average molecular weight is 214 g/mol. The van der Waals surface area contributed by atoms with E-state index < -0.39 is 0 Å². The molecule has 0 saturated carbocycles. The highest BCUT2D eigenvalue weighted by atomic mass is 32.1. The monoisotopic (exact) mass is 214 g/mol. The van der Waals surface area contributed by atoms with Crippen LogP contribution >= 0.6 is 12.2 Å². The summed E-state index contributed by atoms with van der Waals surface area (Å²) in [7, 11) is 0. The molecule has 0 amide bonds. The van der Waals surface area contributed by atoms with E-state index in [0.29, 0.717) is 11.8 Å². The number of hydrogen-bond donors (Lipinski definition) is 0. The van der Waals surface area contributed by atoms with Crippen LogP contribution in [0.15, 0.2) is 0 Å². The van der Waals surface area contributed by atoms with Gasteiger partial charge in [0, 0.05) is 26.2 Å². The van der Waals surface area contributed by atoms with Gasteiger partial charge in [-0.2, -0.15) is 0 Å². The highest BCUT2D eigenvalue weighted by Gasteiger charge is 2.24. The summed E-state index contributed by atoms with van der Waals surface area (Å²) in [4.78, 5) is 4.67. The lowest BCUT2D eigenvalue weighted by atomic mass is 10.2. The van der Waals surface area contributed by atoms with Gasteiger partial charge in [-0.1, -0.05) is 27.7 Å². The summed E-state index contributed by atoms with van der Waals surface area (Å²) < 4.78 is 0. The Balaban J connectivity index is 2.43. The fourth-order valence-corrected chi connectivity index (χ4v) is 2.18. The first-order valence-corrected chi connectivity index (χ1v) is 5.95. The molecule has 2 nitrogen and oxygen atoms in total. The van der Waals surface area contributed by atoms with Crippen molar-refractivity contribution in [1.82, 2.24) is 9.80 Å². The van der Waals surface area contributed by atoms with Crippen molar-refractivity contribution in [2.24, 2.45) is 11.8 Å². The summed E-state index contributed by atoms with van der Waals surface area (Å²) >= 11 is 5.45. The summed E-state index contributed by atoms with van der Waals surface area (Å²) in [6, 6.07) is 0. The summed E-state index contributed by atoms with van der Waals surface area (Å²) in [6.45, 7) is 13.4. The van der Waals surface area contributed by atoms with Crippen molar-refractivity contribution in [1.29, 1.82) is 0 Å². The van der Waals surface area contributed by atoms with E-state index in [9.17, 15) is 0 Å². The van der Waals surface area contributed by atoms with Gasteiger partial charge in [-0.25, -0.2) is 0 Å². The lowest BCUT2D eigenvalue weighted by Crippen LogP contribution is -2.35. The van der Waals surface area contributed by atoms with E-state index in [2.05, 4.69) is 37.5 Å². The quantitative estimate of drug-likeness (QED) is 0.663. The first kappa shape index (κ1) is 11.8. The zero-order chi connectivity index (χ0) is 10.7. The van der Waals surface area contributed by atoms with Crippen molar-refractivity contribution < 1.29 is 0 Å². The van der Waals surface area contributed by atoms with Crippen molar-refractivity contribution in [2.45, 2.75) is 27.7 Å². The van der Waals surface area contributed by atoms with Crippen LogP contribution in [0.5, 0.6) is 0 Å². The van der Waals surface area contributed by atoms with Crippen LogP contribution in [0.1, 0.15) is 27.7 Å². The zero-order valence-electron chi connectivity index (χ0n) is 9.79. The number of nitrogens with zero attached hydrogens (tertiary/aromatic N) is 2. The third-order valence-corrected chi connectivity index (χ3v) is 2.87. The summed E-state index contributed by atoms with van der Waals surface area (Å²) in [6.07, 6.45) is 0. The normalized spacial score (nSPS) is 17.7. The molecule has 1 aliphatic heterocycles. The molecule has 1 aliphatic rings. The topological polar surface area (TPSA) is 6.48 Å². The molecule has 0 aromatic carbocycles. The summed E-state index contributed by atoms with van der Waals surface area (Å²) in [5.74, 6) is 1.40. The second-order valence-electron chi connectivity index (χ2n) is 4.96. The first-order valence-electron chi connectivity index (χ1n) is 5.54. The Morgan fingerprint density at radius 1 is 1.00 bits per heavy atom. The summed E-state index contributed by atoms with van der Waals surface area (Å²) in [5, 5.41) is 1.06. The van der Waals surface area contributed by atoms with Gasteiger partial charge in [-0.3, -0.25) is 0 Å². The minimum Gasteiger partial charge on any atom is -0.347 e. The predicted octanol–water partition coefficient (Wildman–Crippen LogP) is 2.20. The number of rotatable bonds is 4. The van der Waals surface area contributed by atoms with Gasteiger partial charge in [0.1, 0.15) is 0 Å². The molecule has 14 heavy (non-hydrogen) atoms. The van der Waals surface area contributed by atoms with E-state index in [1.54, 1.807) is 0 Å². The van der Waals surface area contributed by atoms with Crippen molar-refractivity contribution in [2.75, 3.05) is 26.2 Å². The van der Waals surface area contributed by atoms with Gasteiger partial charge in [0.2, 0.25) is 0 Å². The molecule has 0 N–H and O–H groups in total. The van der Waals surface area contributed by atoms with Gasteiger partial charge < -0.3 is 9.80 Å². The Labute approximate surface area is 93.3 Å². The molecule has 1 rings (SSSR count).